The van der Waals surface area contributed by atoms with Gasteiger partial charge in [0.15, 0.2) is 11.5 Å². The third-order valence-electron chi connectivity index (χ3n) is 5.52. The van der Waals surface area contributed by atoms with Crippen LogP contribution in [0.25, 0.3) is 0 Å². The zero-order valence-corrected chi connectivity index (χ0v) is 15.6. The molecule has 0 bridgehead atoms. The zero-order valence-electron chi connectivity index (χ0n) is 15.6. The SMILES string of the molecule is O=C(O)c1ccccc1CC1CCN(C(=O)Cc2ccc3c(c2)OCO3)CC1. The minimum Gasteiger partial charge on any atom is -0.478 e. The van der Waals surface area contributed by atoms with Gasteiger partial charge in [0.05, 0.1) is 12.0 Å². The second-order valence-corrected chi connectivity index (χ2v) is 7.35. The lowest BCUT2D eigenvalue weighted by Gasteiger charge is -2.32. The number of carbonyl (C=O) groups excluding carboxylic acids is 1. The van der Waals surface area contributed by atoms with E-state index in [0.29, 0.717) is 36.7 Å². The monoisotopic (exact) mass is 381 g/mol. The van der Waals surface area contributed by atoms with E-state index >= 15 is 0 Å². The fourth-order valence-electron chi connectivity index (χ4n) is 3.94. The van der Waals surface area contributed by atoms with Crippen LogP contribution in [0.3, 0.4) is 0 Å². The number of aromatic carboxylic acids is 1. The van der Waals surface area contributed by atoms with Gasteiger partial charge in [0.25, 0.3) is 0 Å². The smallest absolute Gasteiger partial charge is 0.335 e. The predicted octanol–water partition coefficient (Wildman–Crippen LogP) is 3.14. The first-order valence-electron chi connectivity index (χ1n) is 9.57. The van der Waals surface area contributed by atoms with E-state index < -0.39 is 5.97 Å². The van der Waals surface area contributed by atoms with Gasteiger partial charge < -0.3 is 19.5 Å². The maximum Gasteiger partial charge on any atom is 0.335 e. The summed E-state index contributed by atoms with van der Waals surface area (Å²) in [6, 6.07) is 12.8. The summed E-state index contributed by atoms with van der Waals surface area (Å²) in [5.41, 5.74) is 2.18. The molecule has 1 amide bonds. The van der Waals surface area contributed by atoms with Crippen LogP contribution in [0.15, 0.2) is 42.5 Å². The highest BCUT2D eigenvalue weighted by Crippen LogP contribution is 2.33. The molecule has 6 nitrogen and oxygen atoms in total. The molecule has 1 saturated heterocycles. The molecule has 146 valence electrons. The molecule has 0 spiro atoms. The maximum atomic E-state index is 12.7. The van der Waals surface area contributed by atoms with Crippen molar-refractivity contribution in [3.8, 4) is 11.5 Å². The molecule has 4 rings (SSSR count). The molecule has 28 heavy (non-hydrogen) atoms. The summed E-state index contributed by atoms with van der Waals surface area (Å²) in [5, 5.41) is 9.34. The molecule has 6 heteroatoms. The van der Waals surface area contributed by atoms with Gasteiger partial charge in [-0.05, 0) is 54.5 Å². The molecule has 0 unspecified atom stereocenters. The number of ether oxygens (including phenoxy) is 2. The largest absolute Gasteiger partial charge is 0.478 e. The first-order chi connectivity index (χ1) is 13.6. The Morgan fingerprint density at radius 2 is 1.79 bits per heavy atom. The molecule has 0 radical (unpaired) electrons. The van der Waals surface area contributed by atoms with E-state index in [2.05, 4.69) is 0 Å². The average molecular weight is 381 g/mol. The van der Waals surface area contributed by atoms with Gasteiger partial charge in [0.2, 0.25) is 12.7 Å². The van der Waals surface area contributed by atoms with Crippen LogP contribution in [0.2, 0.25) is 0 Å². The number of rotatable bonds is 5. The number of hydrogen-bond acceptors (Lipinski definition) is 4. The molecule has 0 aliphatic carbocycles. The minimum absolute atomic E-state index is 0.114. The van der Waals surface area contributed by atoms with E-state index in [1.165, 1.54) is 0 Å². The van der Waals surface area contributed by atoms with Crippen LogP contribution in [0.5, 0.6) is 11.5 Å². The Bertz CT molecular complexity index is 886. The van der Waals surface area contributed by atoms with Crippen molar-refractivity contribution < 1.29 is 24.2 Å². The molecule has 2 aromatic rings. The summed E-state index contributed by atoms with van der Waals surface area (Å²) >= 11 is 0. The Balaban J connectivity index is 1.31. The lowest BCUT2D eigenvalue weighted by Crippen LogP contribution is -2.39. The van der Waals surface area contributed by atoms with Crippen molar-refractivity contribution in [2.45, 2.75) is 25.7 Å². The van der Waals surface area contributed by atoms with Crippen molar-refractivity contribution in [2.75, 3.05) is 19.9 Å². The van der Waals surface area contributed by atoms with Crippen molar-refractivity contribution in [3.05, 3.63) is 59.2 Å². The number of carbonyl (C=O) groups is 2. The molecule has 0 aromatic heterocycles. The second-order valence-electron chi connectivity index (χ2n) is 7.35. The molecule has 0 atom stereocenters. The summed E-state index contributed by atoms with van der Waals surface area (Å²) in [4.78, 5) is 25.9. The standard InChI is InChI=1S/C22H23NO5/c24-21(13-16-5-6-19-20(12-16)28-14-27-19)23-9-7-15(8-10-23)11-17-3-1-2-4-18(17)22(25)26/h1-6,12,15H,7-11,13-14H2,(H,25,26). The van der Waals surface area contributed by atoms with Gasteiger partial charge in [-0.3, -0.25) is 4.79 Å². The van der Waals surface area contributed by atoms with Gasteiger partial charge in [-0.2, -0.15) is 0 Å². The van der Waals surface area contributed by atoms with Gasteiger partial charge in [0.1, 0.15) is 0 Å². The molecule has 1 fully saturated rings. The lowest BCUT2D eigenvalue weighted by molar-refractivity contribution is -0.131. The lowest BCUT2D eigenvalue weighted by atomic mass is 9.88. The van der Waals surface area contributed by atoms with Crippen LogP contribution < -0.4 is 9.47 Å². The molecular weight excluding hydrogens is 358 g/mol. The summed E-state index contributed by atoms with van der Waals surface area (Å²) in [5.74, 6) is 1.05. The van der Waals surface area contributed by atoms with Crippen molar-refractivity contribution >= 4 is 11.9 Å². The van der Waals surface area contributed by atoms with Crippen LogP contribution in [0.4, 0.5) is 0 Å². The maximum absolute atomic E-state index is 12.7. The van der Waals surface area contributed by atoms with Gasteiger partial charge in [-0.25, -0.2) is 4.79 Å². The highest BCUT2D eigenvalue weighted by molar-refractivity contribution is 5.89. The van der Waals surface area contributed by atoms with Crippen LogP contribution in [-0.2, 0) is 17.6 Å². The summed E-state index contributed by atoms with van der Waals surface area (Å²) in [7, 11) is 0. The fraction of sp³-hybridized carbons (Fsp3) is 0.364. The third-order valence-corrected chi connectivity index (χ3v) is 5.52. The molecule has 2 aliphatic rings. The first-order valence-corrected chi connectivity index (χ1v) is 9.57. The predicted molar refractivity (Wildman–Crippen MR) is 103 cm³/mol. The Labute approximate surface area is 163 Å². The van der Waals surface area contributed by atoms with Gasteiger partial charge >= 0.3 is 5.97 Å². The Morgan fingerprint density at radius 3 is 2.57 bits per heavy atom. The fourth-order valence-corrected chi connectivity index (χ4v) is 3.94. The van der Waals surface area contributed by atoms with E-state index in [-0.39, 0.29) is 12.7 Å². The number of likely N-dealkylation sites (tertiary alicyclic amines) is 1. The number of benzene rings is 2. The van der Waals surface area contributed by atoms with Crippen molar-refractivity contribution in [3.63, 3.8) is 0 Å². The third kappa shape index (κ3) is 3.96. The van der Waals surface area contributed by atoms with E-state index in [1.807, 2.05) is 35.2 Å². The Hall–Kier alpha value is -3.02. The second kappa shape index (κ2) is 7.92. The Morgan fingerprint density at radius 1 is 1.04 bits per heavy atom. The van der Waals surface area contributed by atoms with Crippen LogP contribution in [-0.4, -0.2) is 41.8 Å². The highest BCUT2D eigenvalue weighted by Gasteiger charge is 2.24. The minimum atomic E-state index is -0.882. The van der Waals surface area contributed by atoms with Crippen molar-refractivity contribution in [1.29, 1.82) is 0 Å². The van der Waals surface area contributed by atoms with Crippen LogP contribution in [0, 0.1) is 5.92 Å². The van der Waals surface area contributed by atoms with Gasteiger partial charge in [-0.1, -0.05) is 24.3 Å². The molecule has 2 aromatic carbocycles. The molecular formula is C22H23NO5. The number of hydrogen-bond donors (Lipinski definition) is 1. The topological polar surface area (TPSA) is 76.1 Å². The van der Waals surface area contributed by atoms with E-state index in [4.69, 9.17) is 9.47 Å². The highest BCUT2D eigenvalue weighted by atomic mass is 16.7. The zero-order chi connectivity index (χ0) is 19.5. The average Bonchev–Trinajstić information content (AvgIpc) is 3.16. The molecule has 1 N–H and O–H groups in total. The summed E-state index contributed by atoms with van der Waals surface area (Å²) in [6.07, 6.45) is 2.87. The van der Waals surface area contributed by atoms with Crippen molar-refractivity contribution in [2.24, 2.45) is 5.92 Å². The summed E-state index contributed by atoms with van der Waals surface area (Å²) < 4.78 is 10.7. The number of piperidine rings is 1. The van der Waals surface area contributed by atoms with Gasteiger partial charge in [0, 0.05) is 13.1 Å². The number of carboxylic acid groups (broad SMARTS) is 1. The normalized spacial score (nSPS) is 16.2. The molecule has 0 saturated carbocycles. The van der Waals surface area contributed by atoms with Gasteiger partial charge in [-0.15, -0.1) is 0 Å². The number of amides is 1. The quantitative estimate of drug-likeness (QED) is 0.861. The van der Waals surface area contributed by atoms with Crippen LogP contribution >= 0.6 is 0 Å². The van der Waals surface area contributed by atoms with Crippen molar-refractivity contribution in [1.82, 2.24) is 4.90 Å². The molecule has 2 aliphatic heterocycles. The summed E-state index contributed by atoms with van der Waals surface area (Å²) in [6.45, 7) is 1.65. The van der Waals surface area contributed by atoms with E-state index in [9.17, 15) is 14.7 Å². The van der Waals surface area contributed by atoms with E-state index in [0.717, 1.165) is 36.1 Å². The first kappa shape index (κ1) is 18.3. The molecule has 2 heterocycles. The van der Waals surface area contributed by atoms with Crippen LogP contribution in [0.1, 0.15) is 34.3 Å². The van der Waals surface area contributed by atoms with E-state index in [1.54, 1.807) is 12.1 Å². The Kier molecular flexibility index (Phi) is 5.19. The number of carboxylic acids is 1. The number of nitrogens with zero attached hydrogens (tertiary/aromatic N) is 1. The number of fused-ring (bicyclic) bond motifs is 1.